The zero-order valence-electron chi connectivity index (χ0n) is 19.3. The highest BCUT2D eigenvalue weighted by atomic mass is 16.3. The van der Waals surface area contributed by atoms with Crippen LogP contribution in [0.4, 0.5) is 0 Å². The lowest BCUT2D eigenvalue weighted by atomic mass is 9.48. The number of primary amides is 1. The van der Waals surface area contributed by atoms with Gasteiger partial charge in [0.1, 0.15) is 0 Å². The smallest absolute Gasteiger partial charge is 0.248 e. The Labute approximate surface area is 192 Å². The summed E-state index contributed by atoms with van der Waals surface area (Å²) in [6.07, 6.45) is 12.2. The molecule has 5 nitrogen and oxygen atoms in total. The maximum Gasteiger partial charge on any atom is 0.248 e. The van der Waals surface area contributed by atoms with Crippen LogP contribution in [-0.4, -0.2) is 53.2 Å². The Bertz CT molecular complexity index is 857. The van der Waals surface area contributed by atoms with Crippen molar-refractivity contribution in [1.82, 2.24) is 10.2 Å². The second-order valence-electron chi connectivity index (χ2n) is 12.1. The van der Waals surface area contributed by atoms with E-state index in [-0.39, 0.29) is 11.5 Å². The molecule has 6 fully saturated rings. The van der Waals surface area contributed by atoms with Crippen molar-refractivity contribution >= 4 is 5.91 Å². The molecule has 174 valence electrons. The van der Waals surface area contributed by atoms with Crippen molar-refractivity contribution in [2.75, 3.05) is 19.6 Å². The average Bonchev–Trinajstić information content (AvgIpc) is 2.96. The quantitative estimate of drug-likeness (QED) is 0.571. The van der Waals surface area contributed by atoms with Gasteiger partial charge in [0, 0.05) is 37.3 Å². The van der Waals surface area contributed by atoms with Gasteiger partial charge in [0.2, 0.25) is 5.91 Å². The second-order valence-corrected chi connectivity index (χ2v) is 12.1. The van der Waals surface area contributed by atoms with Crippen LogP contribution in [0.1, 0.15) is 86.0 Å². The van der Waals surface area contributed by atoms with E-state index in [4.69, 9.17) is 5.73 Å². The third-order valence-corrected chi connectivity index (χ3v) is 9.73. The molecular formula is C27H39N3O2. The molecule has 2 saturated heterocycles. The molecule has 6 bridgehead atoms. The summed E-state index contributed by atoms with van der Waals surface area (Å²) < 4.78 is 0. The Balaban J connectivity index is 1.03. The van der Waals surface area contributed by atoms with Crippen LogP contribution in [-0.2, 0) is 0 Å². The fraction of sp³-hybridized carbons (Fsp3) is 0.741. The number of nitrogens with one attached hydrogen (secondary N) is 1. The van der Waals surface area contributed by atoms with E-state index in [0.717, 1.165) is 50.7 Å². The Morgan fingerprint density at radius 1 is 1.09 bits per heavy atom. The predicted octanol–water partition coefficient (Wildman–Crippen LogP) is 3.42. The van der Waals surface area contributed by atoms with Gasteiger partial charge in [-0.3, -0.25) is 9.69 Å². The van der Waals surface area contributed by atoms with Gasteiger partial charge in [-0.1, -0.05) is 12.1 Å². The lowest BCUT2D eigenvalue weighted by Crippen LogP contribution is -2.58. The third kappa shape index (κ3) is 3.80. The molecule has 1 aromatic carbocycles. The molecule has 2 aliphatic heterocycles. The van der Waals surface area contributed by atoms with Gasteiger partial charge in [-0.25, -0.2) is 0 Å². The van der Waals surface area contributed by atoms with Gasteiger partial charge in [-0.15, -0.1) is 0 Å². The number of carbonyl (C=O) groups excluding carboxylic acids is 1. The van der Waals surface area contributed by atoms with Gasteiger partial charge in [-0.05, 0) is 105 Å². The van der Waals surface area contributed by atoms with Gasteiger partial charge in [0.25, 0.3) is 0 Å². The highest BCUT2D eigenvalue weighted by Gasteiger charge is 2.56. The van der Waals surface area contributed by atoms with Gasteiger partial charge in [0.15, 0.2) is 0 Å². The standard InChI is InChI=1S/C27H39N3O2/c28-25(31)21-3-1-2-20(9-21)22-10-23-4-5-24(11-22)30(23)7-6-29-17-26-12-18-8-19(13-26)15-27(32,14-18)16-26/h1-3,9,18-19,22-24,29,32H,4-8,10-17H2,(H2,28,31)/t18?,19?,22-,23+,24-,26?,27?. The molecule has 5 heteroatoms. The number of carbonyl (C=O) groups is 1. The van der Waals surface area contributed by atoms with Gasteiger partial charge >= 0.3 is 0 Å². The largest absolute Gasteiger partial charge is 0.390 e. The molecular weight excluding hydrogens is 398 g/mol. The summed E-state index contributed by atoms with van der Waals surface area (Å²) in [5.74, 6) is 1.75. The lowest BCUT2D eigenvalue weighted by molar-refractivity contribution is -0.162. The van der Waals surface area contributed by atoms with Crippen LogP contribution in [0.2, 0.25) is 0 Å². The van der Waals surface area contributed by atoms with Crippen molar-refractivity contribution in [3.05, 3.63) is 35.4 Å². The number of aliphatic hydroxyl groups is 1. The summed E-state index contributed by atoms with van der Waals surface area (Å²) in [5, 5.41) is 14.8. The van der Waals surface area contributed by atoms with E-state index in [0.29, 0.717) is 29.0 Å². The first kappa shape index (κ1) is 21.1. The van der Waals surface area contributed by atoms with Crippen molar-refractivity contribution < 1.29 is 9.90 Å². The van der Waals surface area contributed by atoms with E-state index < -0.39 is 0 Å². The van der Waals surface area contributed by atoms with Gasteiger partial charge < -0.3 is 16.2 Å². The number of fused-ring (bicyclic) bond motifs is 2. The number of benzene rings is 1. The predicted molar refractivity (Wildman–Crippen MR) is 125 cm³/mol. The Hall–Kier alpha value is -1.43. The van der Waals surface area contributed by atoms with E-state index in [1.54, 1.807) is 0 Å². The number of rotatable bonds is 7. The molecule has 4 saturated carbocycles. The topological polar surface area (TPSA) is 78.6 Å². The summed E-state index contributed by atoms with van der Waals surface area (Å²) in [6, 6.07) is 9.32. The van der Waals surface area contributed by atoms with Crippen LogP contribution in [0.15, 0.2) is 24.3 Å². The first-order valence-corrected chi connectivity index (χ1v) is 13.0. The highest BCUT2D eigenvalue weighted by molar-refractivity contribution is 5.92. The van der Waals surface area contributed by atoms with E-state index in [2.05, 4.69) is 16.3 Å². The van der Waals surface area contributed by atoms with Gasteiger partial charge in [-0.2, -0.15) is 0 Å². The number of piperidine rings is 1. The molecule has 0 aromatic heterocycles. The zero-order valence-corrected chi connectivity index (χ0v) is 19.3. The monoisotopic (exact) mass is 437 g/mol. The number of nitrogens with zero attached hydrogens (tertiary/aromatic N) is 1. The minimum absolute atomic E-state index is 0.329. The average molecular weight is 438 g/mol. The number of nitrogens with two attached hydrogens (primary N) is 1. The van der Waals surface area contributed by atoms with Crippen LogP contribution in [0.25, 0.3) is 0 Å². The Morgan fingerprint density at radius 3 is 2.47 bits per heavy atom. The number of hydrogen-bond acceptors (Lipinski definition) is 4. The summed E-state index contributed by atoms with van der Waals surface area (Å²) in [4.78, 5) is 14.3. The summed E-state index contributed by atoms with van der Waals surface area (Å²) in [6.45, 7) is 3.29. The van der Waals surface area contributed by atoms with Crippen molar-refractivity contribution in [3.8, 4) is 0 Å². The Kier molecular flexibility index (Phi) is 5.16. The zero-order chi connectivity index (χ0) is 21.9. The minimum Gasteiger partial charge on any atom is -0.390 e. The molecule has 6 aliphatic rings. The molecule has 7 rings (SSSR count). The molecule has 1 aromatic rings. The van der Waals surface area contributed by atoms with E-state index in [1.165, 1.54) is 50.5 Å². The SMILES string of the molecule is NC(=O)c1cccc([C@H]2C[C@H]3CC[C@@H](C2)N3CCNCC23CC4CC(CC(O)(C4)C2)C3)c1. The van der Waals surface area contributed by atoms with E-state index in [1.807, 2.05) is 18.2 Å². The molecule has 0 spiro atoms. The van der Waals surface area contributed by atoms with Crippen LogP contribution in [0.5, 0.6) is 0 Å². The third-order valence-electron chi connectivity index (χ3n) is 9.73. The van der Waals surface area contributed by atoms with Crippen molar-refractivity contribution in [3.63, 3.8) is 0 Å². The molecule has 0 radical (unpaired) electrons. The van der Waals surface area contributed by atoms with Gasteiger partial charge in [0.05, 0.1) is 5.60 Å². The normalized spacial score (nSPS) is 42.5. The summed E-state index contributed by atoms with van der Waals surface area (Å²) >= 11 is 0. The molecule has 32 heavy (non-hydrogen) atoms. The number of amides is 1. The lowest BCUT2D eigenvalue weighted by Gasteiger charge is -2.60. The molecule has 2 heterocycles. The van der Waals surface area contributed by atoms with E-state index >= 15 is 0 Å². The Morgan fingerprint density at radius 2 is 1.81 bits per heavy atom. The fourth-order valence-corrected chi connectivity index (χ4v) is 9.03. The maximum atomic E-state index is 11.6. The van der Waals surface area contributed by atoms with Crippen molar-refractivity contribution in [2.45, 2.75) is 87.8 Å². The first-order valence-electron chi connectivity index (χ1n) is 13.0. The molecule has 1 amide bonds. The molecule has 5 atom stereocenters. The first-order chi connectivity index (χ1) is 15.4. The highest BCUT2D eigenvalue weighted by Crippen LogP contribution is 2.61. The van der Waals surface area contributed by atoms with Crippen LogP contribution in [0.3, 0.4) is 0 Å². The molecule has 4 N–H and O–H groups in total. The van der Waals surface area contributed by atoms with Crippen LogP contribution in [0, 0.1) is 17.3 Å². The van der Waals surface area contributed by atoms with Crippen molar-refractivity contribution in [1.29, 1.82) is 0 Å². The van der Waals surface area contributed by atoms with Crippen molar-refractivity contribution in [2.24, 2.45) is 23.0 Å². The molecule has 4 aliphatic carbocycles. The summed E-state index contributed by atoms with van der Waals surface area (Å²) in [5.41, 5.74) is 7.43. The fourth-order valence-electron chi connectivity index (χ4n) is 9.03. The van der Waals surface area contributed by atoms with Crippen LogP contribution < -0.4 is 11.1 Å². The molecule has 2 unspecified atom stereocenters. The van der Waals surface area contributed by atoms with E-state index in [9.17, 15) is 9.90 Å². The number of hydrogen-bond donors (Lipinski definition) is 3. The maximum absolute atomic E-state index is 11.6. The second kappa shape index (κ2) is 7.82. The van der Waals surface area contributed by atoms with Crippen LogP contribution >= 0.6 is 0 Å². The minimum atomic E-state index is -0.349. The summed E-state index contributed by atoms with van der Waals surface area (Å²) in [7, 11) is 0.